The Balaban J connectivity index is 3.47. The van der Waals surface area contributed by atoms with E-state index in [1.807, 2.05) is 5.32 Å². The highest BCUT2D eigenvalue weighted by Crippen LogP contribution is 2.06. The largest absolute Gasteiger partial charge is 0.481 e. The van der Waals surface area contributed by atoms with Crippen molar-refractivity contribution in [1.82, 2.24) is 21.3 Å². The first-order valence-corrected chi connectivity index (χ1v) is 22.3. The zero-order chi connectivity index (χ0) is 47.9. The highest BCUT2D eigenvalue weighted by Gasteiger charge is 2.25. The maximum Gasteiger partial charge on any atom is 0.326 e. The SMILES string of the molecule is NCCOCCOCCOCCOCCOCCOCCOCCOCCOCCOCCNC(=O)CCCCCCCNC(=O)CC[C@H](NC(=O)N[C@@H](CCC(=O)O)C(=O)O)C(=O)O. The molecule has 0 fully saturated rings. The van der Waals surface area contributed by atoms with Gasteiger partial charge in [-0.2, -0.15) is 0 Å². The molecule has 65 heavy (non-hydrogen) atoms. The second-order valence-electron chi connectivity index (χ2n) is 14.0. The summed E-state index contributed by atoms with van der Waals surface area (Å²) < 4.78 is 54.3. The van der Waals surface area contributed by atoms with Crippen molar-refractivity contribution in [3.63, 3.8) is 0 Å². The van der Waals surface area contributed by atoms with Crippen molar-refractivity contribution in [2.45, 2.75) is 76.3 Å². The molecule has 9 N–H and O–H groups in total. The lowest BCUT2D eigenvalue weighted by molar-refractivity contribution is -0.141. The molecule has 0 aromatic rings. The van der Waals surface area contributed by atoms with E-state index < -0.39 is 48.4 Å². The molecular formula is C41H77N5O19. The second kappa shape index (κ2) is 46.7. The van der Waals surface area contributed by atoms with Crippen molar-refractivity contribution in [2.24, 2.45) is 5.73 Å². The van der Waals surface area contributed by atoms with Crippen molar-refractivity contribution < 1.29 is 91.5 Å². The van der Waals surface area contributed by atoms with Crippen LogP contribution in [0.15, 0.2) is 0 Å². The number of aliphatic carboxylic acids is 3. The molecule has 0 unspecified atom stereocenters. The molecule has 0 aliphatic rings. The molecular weight excluding hydrogens is 866 g/mol. The van der Waals surface area contributed by atoms with Crippen LogP contribution in [0.4, 0.5) is 4.79 Å². The summed E-state index contributed by atoms with van der Waals surface area (Å²) in [7, 11) is 0. The van der Waals surface area contributed by atoms with Crippen molar-refractivity contribution in [2.75, 3.05) is 152 Å². The fraction of sp³-hybridized carbons (Fsp3) is 0.854. The molecule has 0 saturated carbocycles. The quantitative estimate of drug-likeness (QED) is 0.0358. The van der Waals surface area contributed by atoms with Crippen LogP contribution in [-0.2, 0) is 71.3 Å². The minimum Gasteiger partial charge on any atom is -0.481 e. The van der Waals surface area contributed by atoms with E-state index in [0.717, 1.165) is 25.7 Å². The van der Waals surface area contributed by atoms with Gasteiger partial charge >= 0.3 is 23.9 Å². The summed E-state index contributed by atoms with van der Waals surface area (Å²) in [5, 5.41) is 36.9. The van der Waals surface area contributed by atoms with Crippen LogP contribution in [0.3, 0.4) is 0 Å². The number of unbranched alkanes of at least 4 members (excludes halogenated alkanes) is 4. The number of hydrogen-bond donors (Lipinski definition) is 8. The lowest BCUT2D eigenvalue weighted by Crippen LogP contribution is -2.51. The Hall–Kier alpha value is -3.82. The minimum atomic E-state index is -1.52. The standard InChI is InChI=1S/C41H77N5O19/c42-11-14-56-16-18-58-20-22-60-24-26-62-28-30-64-32-33-65-31-29-63-27-25-61-23-21-59-19-17-57-15-13-44-36(47)6-4-2-1-3-5-12-43-37(48)9-7-34(39(51)52)45-41(55)46-35(40(53)54)8-10-38(49)50/h34-35H,1-33,42H2,(H,43,48)(H,44,47)(H,49,50)(H,51,52)(H,53,54)(H2,45,46,55)/t34-,35-/m0/s1. The van der Waals surface area contributed by atoms with E-state index in [1.165, 1.54) is 0 Å². The number of carbonyl (C=O) groups is 6. The Morgan fingerprint density at radius 2 is 0.708 bits per heavy atom. The molecule has 2 atom stereocenters. The summed E-state index contributed by atoms with van der Waals surface area (Å²) in [6.45, 7) is 10.6. The molecule has 0 radical (unpaired) electrons. The van der Waals surface area contributed by atoms with E-state index in [9.17, 15) is 33.9 Å². The molecule has 0 bridgehead atoms. The van der Waals surface area contributed by atoms with Gasteiger partial charge in [0, 0.05) is 38.9 Å². The zero-order valence-corrected chi connectivity index (χ0v) is 37.9. The normalized spacial score (nSPS) is 12.1. The Labute approximate surface area is 381 Å². The Morgan fingerprint density at radius 1 is 0.385 bits per heavy atom. The minimum absolute atomic E-state index is 0.0567. The van der Waals surface area contributed by atoms with Gasteiger partial charge in [0.15, 0.2) is 0 Å². The number of ether oxygens (including phenoxy) is 10. The zero-order valence-electron chi connectivity index (χ0n) is 37.9. The number of carboxylic acids is 3. The monoisotopic (exact) mass is 944 g/mol. The average molecular weight is 944 g/mol. The molecule has 0 aliphatic heterocycles. The third-order valence-corrected chi connectivity index (χ3v) is 8.60. The molecule has 0 spiro atoms. The van der Waals surface area contributed by atoms with E-state index in [4.69, 9.17) is 63.3 Å². The van der Waals surface area contributed by atoms with Crippen LogP contribution in [-0.4, -0.2) is 215 Å². The van der Waals surface area contributed by atoms with Gasteiger partial charge in [0.2, 0.25) is 11.8 Å². The predicted octanol–water partition coefficient (Wildman–Crippen LogP) is -0.465. The molecule has 0 rings (SSSR count). The van der Waals surface area contributed by atoms with Crippen molar-refractivity contribution in [3.05, 3.63) is 0 Å². The molecule has 24 nitrogen and oxygen atoms in total. The number of rotatable bonds is 50. The van der Waals surface area contributed by atoms with Crippen LogP contribution in [0.25, 0.3) is 0 Å². The molecule has 380 valence electrons. The molecule has 0 aromatic carbocycles. The van der Waals surface area contributed by atoms with Crippen LogP contribution in [0.2, 0.25) is 0 Å². The fourth-order valence-electron chi connectivity index (χ4n) is 5.19. The van der Waals surface area contributed by atoms with Gasteiger partial charge in [-0.1, -0.05) is 19.3 Å². The summed E-state index contributed by atoms with van der Waals surface area (Å²) in [5.41, 5.74) is 5.33. The van der Waals surface area contributed by atoms with Gasteiger partial charge in [-0.05, 0) is 25.7 Å². The van der Waals surface area contributed by atoms with Crippen LogP contribution >= 0.6 is 0 Å². The number of hydrogen-bond acceptors (Lipinski definition) is 17. The van der Waals surface area contributed by atoms with Gasteiger partial charge < -0.3 is 89.7 Å². The fourth-order valence-corrected chi connectivity index (χ4v) is 5.19. The van der Waals surface area contributed by atoms with Gasteiger partial charge in [-0.3, -0.25) is 14.4 Å². The van der Waals surface area contributed by atoms with Gasteiger partial charge in [0.25, 0.3) is 0 Å². The highest BCUT2D eigenvalue weighted by atomic mass is 16.6. The molecule has 0 aromatic heterocycles. The Bertz CT molecular complexity index is 1210. The number of carbonyl (C=O) groups excluding carboxylic acids is 3. The van der Waals surface area contributed by atoms with Crippen LogP contribution < -0.4 is 27.0 Å². The maximum absolute atomic E-state index is 12.2. The van der Waals surface area contributed by atoms with E-state index in [2.05, 4.69) is 16.0 Å². The van der Waals surface area contributed by atoms with Crippen molar-refractivity contribution in [3.8, 4) is 0 Å². The third kappa shape index (κ3) is 45.1. The van der Waals surface area contributed by atoms with Gasteiger partial charge in [-0.25, -0.2) is 14.4 Å². The number of nitrogens with two attached hydrogens (primary N) is 1. The molecule has 0 aliphatic carbocycles. The summed E-state index contributed by atoms with van der Waals surface area (Å²) in [6, 6.07) is -4.09. The van der Waals surface area contributed by atoms with Crippen LogP contribution in [0, 0.1) is 0 Å². The van der Waals surface area contributed by atoms with Crippen LogP contribution in [0.1, 0.15) is 64.2 Å². The Kier molecular flexibility index (Phi) is 44.0. The molecule has 24 heteroatoms. The summed E-state index contributed by atoms with van der Waals surface area (Å²) >= 11 is 0. The Morgan fingerprint density at radius 3 is 1.09 bits per heavy atom. The van der Waals surface area contributed by atoms with Crippen molar-refractivity contribution >= 4 is 35.8 Å². The van der Waals surface area contributed by atoms with Gasteiger partial charge in [-0.15, -0.1) is 0 Å². The molecule has 0 saturated heterocycles. The number of carboxylic acid groups (broad SMARTS) is 3. The van der Waals surface area contributed by atoms with Gasteiger partial charge in [0.1, 0.15) is 12.1 Å². The van der Waals surface area contributed by atoms with E-state index in [-0.39, 0.29) is 25.2 Å². The summed E-state index contributed by atoms with van der Waals surface area (Å²) in [5.74, 6) is -4.60. The summed E-state index contributed by atoms with van der Waals surface area (Å²) in [4.78, 5) is 69.7. The third-order valence-electron chi connectivity index (χ3n) is 8.60. The lowest BCUT2D eigenvalue weighted by atomic mass is 10.1. The predicted molar refractivity (Wildman–Crippen MR) is 232 cm³/mol. The first-order chi connectivity index (χ1) is 31.6. The number of urea groups is 1. The first kappa shape index (κ1) is 61.2. The first-order valence-electron chi connectivity index (χ1n) is 22.3. The topological polar surface area (TPSA) is 330 Å². The second-order valence-corrected chi connectivity index (χ2v) is 14.0. The number of amides is 4. The van der Waals surface area contributed by atoms with Gasteiger partial charge in [0.05, 0.1) is 132 Å². The molecule has 0 heterocycles. The lowest BCUT2D eigenvalue weighted by Gasteiger charge is -2.18. The van der Waals surface area contributed by atoms with Crippen LogP contribution in [0.5, 0.6) is 0 Å². The summed E-state index contributed by atoms with van der Waals surface area (Å²) in [6.07, 6.45) is 3.01. The average Bonchev–Trinajstić information content (AvgIpc) is 3.27. The van der Waals surface area contributed by atoms with Crippen molar-refractivity contribution in [1.29, 1.82) is 0 Å². The van der Waals surface area contributed by atoms with E-state index in [0.29, 0.717) is 165 Å². The molecule has 4 amide bonds. The highest BCUT2D eigenvalue weighted by molar-refractivity contribution is 5.86. The van der Waals surface area contributed by atoms with E-state index in [1.54, 1.807) is 0 Å². The number of nitrogens with one attached hydrogen (secondary N) is 4. The smallest absolute Gasteiger partial charge is 0.326 e. The maximum atomic E-state index is 12.2. The van der Waals surface area contributed by atoms with E-state index >= 15 is 0 Å².